The first-order valence-corrected chi connectivity index (χ1v) is 4.70. The van der Waals surface area contributed by atoms with Crippen molar-refractivity contribution in [2.75, 3.05) is 0 Å². The van der Waals surface area contributed by atoms with Gasteiger partial charge in [0.2, 0.25) is 0 Å². The second-order valence-electron chi connectivity index (χ2n) is 4.44. The fourth-order valence-corrected chi connectivity index (χ4v) is 0.273. The summed E-state index contributed by atoms with van der Waals surface area (Å²) in [5.41, 5.74) is -2.01. The molecule has 0 aromatic heterocycles. The maximum Gasteiger partial charge on any atom is 0.707 e. The highest BCUT2D eigenvalue weighted by atomic mass is 16.6. The Morgan fingerprint density at radius 2 is 1.47 bits per heavy atom. The molecule has 0 unspecified atom stereocenters. The van der Waals surface area contributed by atoms with Crippen LogP contribution in [0.25, 0.3) is 0 Å². The van der Waals surface area contributed by atoms with Gasteiger partial charge in [-0.25, -0.2) is 0 Å². The number of aliphatic hydroxyl groups is 2. The van der Waals surface area contributed by atoms with Gasteiger partial charge in [-0.3, -0.25) is 0 Å². The molecular formula is C9H19BO5. The fraction of sp³-hybridized carbons (Fsp3) is 0.778. The molecule has 15 heavy (non-hydrogen) atoms. The third kappa shape index (κ3) is 7.38. The minimum atomic E-state index is -1.63. The van der Waals surface area contributed by atoms with Crippen molar-refractivity contribution in [3.8, 4) is 0 Å². The van der Waals surface area contributed by atoms with E-state index >= 15 is 0 Å². The Kier molecular flexibility index (Phi) is 4.80. The number of allylic oxidation sites excluding steroid dienone is 2. The largest absolute Gasteiger partial charge is 0.707 e. The van der Waals surface area contributed by atoms with Crippen LogP contribution in [0.4, 0.5) is 0 Å². The van der Waals surface area contributed by atoms with Gasteiger partial charge in [0.05, 0.1) is 17.0 Å². The molecule has 1 rings (SSSR count). The third-order valence-electron chi connectivity index (χ3n) is 2.12. The molecule has 0 aromatic rings. The molecule has 6 heteroatoms. The van der Waals surface area contributed by atoms with Crippen molar-refractivity contribution in [1.29, 1.82) is 0 Å². The average Bonchev–Trinajstić information content (AvgIpc) is 2.66. The highest BCUT2D eigenvalue weighted by Gasteiger charge is 2.31. The Morgan fingerprint density at radius 3 is 1.53 bits per heavy atom. The van der Waals surface area contributed by atoms with Crippen LogP contribution in [-0.2, 0) is 4.65 Å². The summed E-state index contributed by atoms with van der Waals surface area (Å²) < 4.78 is 4.33. The summed E-state index contributed by atoms with van der Waals surface area (Å²) in [6.45, 7) is 6.31. The first-order chi connectivity index (χ1) is 6.54. The van der Waals surface area contributed by atoms with Crippen molar-refractivity contribution in [2.24, 2.45) is 0 Å². The van der Waals surface area contributed by atoms with E-state index in [0.29, 0.717) is 5.76 Å². The van der Waals surface area contributed by atoms with Crippen molar-refractivity contribution >= 4 is 7.32 Å². The highest BCUT2D eigenvalue weighted by molar-refractivity contribution is 6.33. The molecule has 0 bridgehead atoms. The highest BCUT2D eigenvalue weighted by Crippen LogP contribution is 2.19. The van der Waals surface area contributed by atoms with E-state index < -0.39 is 18.5 Å². The molecule has 0 atom stereocenters. The van der Waals surface area contributed by atoms with E-state index in [-0.39, 0.29) is 0 Å². The quantitative estimate of drug-likeness (QED) is 0.492. The predicted molar refractivity (Wildman–Crippen MR) is 56.6 cm³/mol. The van der Waals surface area contributed by atoms with E-state index in [0.717, 1.165) is 6.42 Å². The summed E-state index contributed by atoms with van der Waals surface area (Å²) in [7, 11) is -1.63. The summed E-state index contributed by atoms with van der Waals surface area (Å²) in [4.78, 5) is 0. The van der Waals surface area contributed by atoms with Gasteiger partial charge in [-0.15, -0.1) is 0 Å². The molecule has 1 aliphatic rings. The van der Waals surface area contributed by atoms with E-state index in [9.17, 15) is 0 Å². The van der Waals surface area contributed by atoms with E-state index in [2.05, 4.69) is 4.65 Å². The summed E-state index contributed by atoms with van der Waals surface area (Å²) in [5.74, 6) is 0.662. The molecule has 0 aromatic carbocycles. The second kappa shape index (κ2) is 4.98. The smallest absolute Gasteiger partial charge is 0.516 e. The lowest BCUT2D eigenvalue weighted by Gasteiger charge is -2.31. The first-order valence-electron chi connectivity index (χ1n) is 4.70. The van der Waals surface area contributed by atoms with Crippen LogP contribution < -0.4 is 0 Å². The molecule has 0 fully saturated rings. The molecule has 0 radical (unpaired) electrons. The predicted octanol–water partition coefficient (Wildman–Crippen LogP) is -0.212. The Labute approximate surface area is 90.2 Å². The van der Waals surface area contributed by atoms with Crippen molar-refractivity contribution < 1.29 is 24.9 Å². The van der Waals surface area contributed by atoms with Gasteiger partial charge in [-0.1, -0.05) is 0 Å². The van der Waals surface area contributed by atoms with E-state index in [1.54, 1.807) is 33.8 Å². The second-order valence-corrected chi connectivity index (χ2v) is 4.44. The molecule has 0 heterocycles. The Hall–Kier alpha value is -0.555. The molecule has 5 nitrogen and oxygen atoms in total. The van der Waals surface area contributed by atoms with Crippen molar-refractivity contribution in [3.63, 3.8) is 0 Å². The van der Waals surface area contributed by atoms with Crippen LogP contribution in [-0.4, -0.2) is 38.8 Å². The Balaban J connectivity index is 0.000000262. The van der Waals surface area contributed by atoms with Crippen LogP contribution in [0.2, 0.25) is 0 Å². The summed E-state index contributed by atoms with van der Waals surface area (Å²) in [5, 5.41) is 34.3. The lowest BCUT2D eigenvalue weighted by molar-refractivity contribution is -0.107. The molecule has 0 amide bonds. The van der Waals surface area contributed by atoms with E-state index in [1.807, 2.05) is 0 Å². The Morgan fingerprint density at radius 1 is 1.13 bits per heavy atom. The van der Waals surface area contributed by atoms with Crippen LogP contribution in [0.3, 0.4) is 0 Å². The van der Waals surface area contributed by atoms with E-state index in [1.165, 1.54) is 0 Å². The molecular weight excluding hydrogens is 199 g/mol. The molecule has 4 N–H and O–H groups in total. The maximum absolute atomic E-state index is 9.10. The topological polar surface area (TPSA) is 90.2 Å². The zero-order chi connectivity index (χ0) is 12.3. The van der Waals surface area contributed by atoms with Crippen LogP contribution in [0.5, 0.6) is 0 Å². The fourth-order valence-electron chi connectivity index (χ4n) is 0.273. The van der Waals surface area contributed by atoms with Gasteiger partial charge in [0, 0.05) is 6.42 Å². The van der Waals surface area contributed by atoms with Gasteiger partial charge < -0.3 is 24.9 Å². The van der Waals surface area contributed by atoms with Gasteiger partial charge in [0.25, 0.3) is 0 Å². The molecule has 0 saturated heterocycles. The lowest BCUT2D eigenvalue weighted by Crippen LogP contribution is -2.44. The molecule has 88 valence electrons. The van der Waals surface area contributed by atoms with Crippen LogP contribution in [0, 0.1) is 0 Å². The zero-order valence-electron chi connectivity index (χ0n) is 9.56. The number of rotatable bonds is 3. The van der Waals surface area contributed by atoms with Crippen molar-refractivity contribution in [1.82, 2.24) is 0 Å². The SMILES string of the molecule is CC(C)(O)C(C)(C)O.OB(O)OC1=CC1. The zero-order valence-corrected chi connectivity index (χ0v) is 9.56. The summed E-state index contributed by atoms with van der Waals surface area (Å²) >= 11 is 0. The van der Waals surface area contributed by atoms with Crippen molar-refractivity contribution in [3.05, 3.63) is 11.8 Å². The average molecular weight is 218 g/mol. The van der Waals surface area contributed by atoms with Gasteiger partial charge in [0.1, 0.15) is 0 Å². The molecule has 0 spiro atoms. The van der Waals surface area contributed by atoms with Crippen LogP contribution in [0.15, 0.2) is 11.8 Å². The molecule has 1 aliphatic carbocycles. The normalized spacial score (nSPS) is 14.8. The first kappa shape index (κ1) is 14.4. The van der Waals surface area contributed by atoms with Crippen LogP contribution in [0.1, 0.15) is 34.1 Å². The van der Waals surface area contributed by atoms with Gasteiger partial charge in [-0.05, 0) is 33.8 Å². The van der Waals surface area contributed by atoms with Gasteiger partial charge in [0.15, 0.2) is 0 Å². The lowest BCUT2D eigenvalue weighted by atomic mass is 9.90. The number of hydrogen-bond donors (Lipinski definition) is 4. The standard InChI is InChI=1S/C6H14O2.C3H5BO3/c1-5(2,7)6(3,4)8;5-4(6)7-3-1-2-3/h7-8H,1-4H3;1,5-6H,2H2. The monoisotopic (exact) mass is 218 g/mol. The number of hydrogen-bond acceptors (Lipinski definition) is 5. The summed E-state index contributed by atoms with van der Waals surface area (Å²) in [6, 6.07) is 0. The third-order valence-corrected chi connectivity index (χ3v) is 2.12. The summed E-state index contributed by atoms with van der Waals surface area (Å²) in [6.07, 6.45) is 2.52. The minimum absolute atomic E-state index is 0.662. The van der Waals surface area contributed by atoms with Gasteiger partial charge >= 0.3 is 7.32 Å². The van der Waals surface area contributed by atoms with Crippen molar-refractivity contribution in [2.45, 2.75) is 45.3 Å². The Bertz CT molecular complexity index is 212. The minimum Gasteiger partial charge on any atom is -0.516 e. The van der Waals surface area contributed by atoms with E-state index in [4.69, 9.17) is 20.3 Å². The van der Waals surface area contributed by atoms with Gasteiger partial charge in [-0.2, -0.15) is 0 Å². The molecule has 0 aliphatic heterocycles. The van der Waals surface area contributed by atoms with Crippen LogP contribution >= 0.6 is 0 Å². The maximum atomic E-state index is 9.10. The molecule has 0 saturated carbocycles.